The molecule has 0 heterocycles. The summed E-state index contributed by atoms with van der Waals surface area (Å²) in [5, 5.41) is 3.07. The number of benzene rings is 1. The van der Waals surface area contributed by atoms with E-state index in [1.807, 2.05) is 6.92 Å². The summed E-state index contributed by atoms with van der Waals surface area (Å²) >= 11 is 12.1. The van der Waals surface area contributed by atoms with Gasteiger partial charge in [0.2, 0.25) is 5.91 Å². The summed E-state index contributed by atoms with van der Waals surface area (Å²) < 4.78 is 0. The van der Waals surface area contributed by atoms with Crippen LogP contribution in [0.4, 0.5) is 4.79 Å². The van der Waals surface area contributed by atoms with Gasteiger partial charge in [0.05, 0.1) is 15.5 Å². The van der Waals surface area contributed by atoms with Crippen molar-refractivity contribution in [3.05, 3.63) is 33.8 Å². The van der Waals surface area contributed by atoms with E-state index in [2.05, 4.69) is 5.32 Å². The average Bonchev–Trinajstić information content (AvgIpc) is 2.49. The average molecular weight is 343 g/mol. The van der Waals surface area contributed by atoms with Gasteiger partial charge in [-0.2, -0.15) is 0 Å². The zero-order chi connectivity index (χ0) is 16.3. The lowest BCUT2D eigenvalue weighted by Gasteiger charge is -2.39. The van der Waals surface area contributed by atoms with Gasteiger partial charge in [-0.1, -0.05) is 48.5 Å². The maximum atomic E-state index is 12.7. The monoisotopic (exact) mass is 342 g/mol. The highest BCUT2D eigenvalue weighted by molar-refractivity contribution is 6.42. The molecule has 3 N–H and O–H groups in total. The molecule has 120 valence electrons. The van der Waals surface area contributed by atoms with E-state index < -0.39 is 11.4 Å². The Hall–Kier alpha value is -1.26. The topological polar surface area (TPSA) is 72.2 Å². The molecule has 0 saturated heterocycles. The third-order valence-electron chi connectivity index (χ3n) is 4.65. The molecule has 4 nitrogen and oxygen atoms in total. The van der Waals surface area contributed by atoms with Gasteiger partial charge in [-0.15, -0.1) is 0 Å². The summed E-state index contributed by atoms with van der Waals surface area (Å²) in [7, 11) is 0. The van der Waals surface area contributed by atoms with Crippen LogP contribution in [0.2, 0.25) is 10.0 Å². The number of imide groups is 1. The van der Waals surface area contributed by atoms with Crippen LogP contribution in [0.1, 0.15) is 44.6 Å². The second kappa shape index (κ2) is 6.88. The number of hydrogen-bond donors (Lipinski definition) is 2. The summed E-state index contributed by atoms with van der Waals surface area (Å²) in [6, 6.07) is 4.34. The Labute approximate surface area is 140 Å². The first kappa shape index (κ1) is 17.1. The molecule has 0 spiro atoms. The van der Waals surface area contributed by atoms with Crippen LogP contribution in [-0.2, 0) is 10.2 Å². The number of carbonyl (C=O) groups excluding carboxylic acids is 2. The number of halogens is 2. The van der Waals surface area contributed by atoms with E-state index in [4.69, 9.17) is 28.9 Å². The molecule has 1 atom stereocenters. The summed E-state index contributed by atoms with van der Waals surface area (Å²) in [6.45, 7) is 1.85. The number of primary amides is 1. The molecule has 1 aromatic rings. The standard InChI is InChI=1S/C16H20Cl2N2O2/c1-16(14(21)20-15(19)22,10-5-3-2-4-6-10)11-7-8-12(17)13(18)9-11/h7-10H,2-6H2,1H3,(H3,19,20,21,22). The molecule has 1 aromatic carbocycles. The van der Waals surface area contributed by atoms with Crippen molar-refractivity contribution < 1.29 is 9.59 Å². The van der Waals surface area contributed by atoms with Gasteiger partial charge in [-0.05, 0) is 43.4 Å². The summed E-state index contributed by atoms with van der Waals surface area (Å²) in [5.74, 6) is -0.247. The molecule has 3 amide bonds. The first-order chi connectivity index (χ1) is 10.4. The fraction of sp³-hybridized carbons (Fsp3) is 0.500. The van der Waals surface area contributed by atoms with Gasteiger partial charge in [0, 0.05) is 0 Å². The van der Waals surface area contributed by atoms with Crippen LogP contribution in [0.5, 0.6) is 0 Å². The predicted octanol–water partition coefficient (Wildman–Crippen LogP) is 4.03. The molecule has 1 saturated carbocycles. The van der Waals surface area contributed by atoms with Crippen molar-refractivity contribution in [2.45, 2.75) is 44.4 Å². The van der Waals surface area contributed by atoms with E-state index in [1.54, 1.807) is 18.2 Å². The first-order valence-electron chi connectivity index (χ1n) is 7.42. The zero-order valence-corrected chi connectivity index (χ0v) is 14.0. The highest BCUT2D eigenvalue weighted by Crippen LogP contribution is 2.42. The Kier molecular flexibility index (Phi) is 5.35. The van der Waals surface area contributed by atoms with Crippen LogP contribution in [0.25, 0.3) is 0 Å². The van der Waals surface area contributed by atoms with Crippen molar-refractivity contribution in [2.75, 3.05) is 0 Å². The predicted molar refractivity (Wildman–Crippen MR) is 88.1 cm³/mol. The van der Waals surface area contributed by atoms with E-state index >= 15 is 0 Å². The minimum absolute atomic E-state index is 0.137. The Morgan fingerprint density at radius 3 is 2.36 bits per heavy atom. The van der Waals surface area contributed by atoms with Crippen LogP contribution in [0.3, 0.4) is 0 Å². The Morgan fingerprint density at radius 1 is 1.18 bits per heavy atom. The molecule has 0 aliphatic heterocycles. The highest BCUT2D eigenvalue weighted by atomic mass is 35.5. The SMILES string of the molecule is CC(C(=O)NC(N)=O)(c1ccc(Cl)c(Cl)c1)C1CCCCC1. The van der Waals surface area contributed by atoms with E-state index in [0.717, 1.165) is 31.2 Å². The second-order valence-electron chi connectivity index (χ2n) is 5.98. The van der Waals surface area contributed by atoms with Gasteiger partial charge in [-0.25, -0.2) is 4.79 Å². The summed E-state index contributed by atoms with van der Waals surface area (Å²) in [5.41, 5.74) is 5.03. The normalized spacial score (nSPS) is 18.5. The summed E-state index contributed by atoms with van der Waals surface area (Å²) in [4.78, 5) is 23.8. The van der Waals surface area contributed by atoms with Crippen molar-refractivity contribution in [1.82, 2.24) is 5.32 Å². The molecule has 0 aromatic heterocycles. The fourth-order valence-corrected chi connectivity index (χ4v) is 3.59. The molecular weight excluding hydrogens is 323 g/mol. The minimum Gasteiger partial charge on any atom is -0.351 e. The van der Waals surface area contributed by atoms with Crippen molar-refractivity contribution in [2.24, 2.45) is 11.7 Å². The van der Waals surface area contributed by atoms with E-state index in [1.165, 1.54) is 6.42 Å². The van der Waals surface area contributed by atoms with E-state index in [0.29, 0.717) is 10.0 Å². The van der Waals surface area contributed by atoms with Crippen molar-refractivity contribution in [3.8, 4) is 0 Å². The maximum absolute atomic E-state index is 12.7. The molecule has 0 bridgehead atoms. The van der Waals surface area contributed by atoms with Crippen molar-refractivity contribution in [3.63, 3.8) is 0 Å². The van der Waals surface area contributed by atoms with Gasteiger partial charge < -0.3 is 5.73 Å². The van der Waals surface area contributed by atoms with E-state index in [9.17, 15) is 9.59 Å². The van der Waals surface area contributed by atoms with Crippen molar-refractivity contribution >= 4 is 35.1 Å². The van der Waals surface area contributed by atoms with Crippen LogP contribution in [0, 0.1) is 5.92 Å². The Morgan fingerprint density at radius 2 is 1.82 bits per heavy atom. The third-order valence-corrected chi connectivity index (χ3v) is 5.39. The molecule has 6 heteroatoms. The number of rotatable bonds is 3. The summed E-state index contributed by atoms with van der Waals surface area (Å²) in [6.07, 6.45) is 5.19. The van der Waals surface area contributed by atoms with Gasteiger partial charge in [0.15, 0.2) is 0 Å². The maximum Gasteiger partial charge on any atom is 0.318 e. The quantitative estimate of drug-likeness (QED) is 0.870. The number of urea groups is 1. The van der Waals surface area contributed by atoms with Gasteiger partial charge in [-0.3, -0.25) is 10.1 Å². The largest absolute Gasteiger partial charge is 0.351 e. The highest BCUT2D eigenvalue weighted by Gasteiger charge is 2.43. The van der Waals surface area contributed by atoms with Gasteiger partial charge in [0.1, 0.15) is 0 Å². The third kappa shape index (κ3) is 3.39. The van der Waals surface area contributed by atoms with Crippen LogP contribution < -0.4 is 11.1 Å². The molecule has 2 rings (SSSR count). The van der Waals surface area contributed by atoms with Crippen molar-refractivity contribution in [1.29, 1.82) is 0 Å². The van der Waals surface area contributed by atoms with Crippen LogP contribution in [0.15, 0.2) is 18.2 Å². The smallest absolute Gasteiger partial charge is 0.318 e. The lowest BCUT2D eigenvalue weighted by molar-refractivity contribution is -0.127. The number of amides is 3. The molecular formula is C16H20Cl2N2O2. The molecule has 22 heavy (non-hydrogen) atoms. The second-order valence-corrected chi connectivity index (χ2v) is 6.80. The lowest BCUT2D eigenvalue weighted by atomic mass is 9.65. The minimum atomic E-state index is -0.857. The van der Waals surface area contributed by atoms with Gasteiger partial charge >= 0.3 is 6.03 Å². The molecule has 1 fully saturated rings. The molecule has 1 unspecified atom stereocenters. The zero-order valence-electron chi connectivity index (χ0n) is 12.5. The van der Waals surface area contributed by atoms with E-state index in [-0.39, 0.29) is 11.8 Å². The lowest BCUT2D eigenvalue weighted by Crippen LogP contribution is -2.51. The molecule has 0 radical (unpaired) electrons. The molecule has 1 aliphatic rings. The fourth-order valence-electron chi connectivity index (χ4n) is 3.29. The Balaban J connectivity index is 2.45. The first-order valence-corrected chi connectivity index (χ1v) is 8.17. The number of hydrogen-bond acceptors (Lipinski definition) is 2. The number of carbonyl (C=O) groups is 2. The Bertz CT molecular complexity index is 586. The van der Waals surface area contributed by atoms with Crippen LogP contribution >= 0.6 is 23.2 Å². The number of nitrogens with one attached hydrogen (secondary N) is 1. The van der Waals surface area contributed by atoms with Gasteiger partial charge in [0.25, 0.3) is 0 Å². The molecule has 1 aliphatic carbocycles. The van der Waals surface area contributed by atoms with Crippen LogP contribution in [-0.4, -0.2) is 11.9 Å². The number of nitrogens with two attached hydrogens (primary N) is 1.